The summed E-state index contributed by atoms with van der Waals surface area (Å²) in [6.07, 6.45) is 0. The van der Waals surface area contributed by atoms with Gasteiger partial charge >= 0.3 is 5.97 Å². The first kappa shape index (κ1) is 14.0. The molecule has 0 unspecified atom stereocenters. The number of thiophene rings is 1. The fourth-order valence-corrected chi connectivity index (χ4v) is 3.74. The molecule has 0 aliphatic heterocycles. The maximum absolute atomic E-state index is 11.8. The maximum Gasteiger partial charge on any atom is 0.361 e. The van der Waals surface area contributed by atoms with Gasteiger partial charge in [-0.3, -0.25) is 0 Å². The van der Waals surface area contributed by atoms with Crippen LogP contribution in [0.1, 0.15) is 10.4 Å². The van der Waals surface area contributed by atoms with Crippen molar-refractivity contribution in [2.45, 2.75) is 5.33 Å². The molecule has 0 atom stereocenters. The standard InChI is InChI=1S/C13H12BrNO3S/c1-17-13(16)11(15-18-2)12-9(7-14)8-5-3-4-6-10(8)19-12/h3-6H,7H2,1-2H3. The molecular formula is C13H12BrNO3S. The number of fused-ring (bicyclic) bond motifs is 1. The second-order valence-corrected chi connectivity index (χ2v) is 5.27. The van der Waals surface area contributed by atoms with Crippen molar-refractivity contribution in [2.24, 2.45) is 5.16 Å². The van der Waals surface area contributed by atoms with Crippen molar-refractivity contribution in [1.29, 1.82) is 0 Å². The van der Waals surface area contributed by atoms with Crippen molar-refractivity contribution in [3.8, 4) is 0 Å². The zero-order chi connectivity index (χ0) is 13.8. The van der Waals surface area contributed by atoms with Crippen LogP contribution in [0.15, 0.2) is 29.4 Å². The zero-order valence-corrected chi connectivity index (χ0v) is 12.9. The number of carbonyl (C=O) groups excluding carboxylic acids is 1. The molecule has 0 N–H and O–H groups in total. The van der Waals surface area contributed by atoms with Crippen molar-refractivity contribution in [2.75, 3.05) is 14.2 Å². The Kier molecular flexibility index (Phi) is 4.55. The third-order valence-electron chi connectivity index (χ3n) is 2.61. The molecule has 0 bridgehead atoms. The highest BCUT2D eigenvalue weighted by atomic mass is 79.9. The third kappa shape index (κ3) is 2.64. The average Bonchev–Trinajstić information content (AvgIpc) is 2.82. The summed E-state index contributed by atoms with van der Waals surface area (Å²) in [6, 6.07) is 7.97. The van der Waals surface area contributed by atoms with E-state index in [-0.39, 0.29) is 5.71 Å². The molecule has 4 nitrogen and oxygen atoms in total. The van der Waals surface area contributed by atoms with Gasteiger partial charge in [-0.15, -0.1) is 11.3 Å². The van der Waals surface area contributed by atoms with Crippen molar-refractivity contribution >= 4 is 49.0 Å². The van der Waals surface area contributed by atoms with Gasteiger partial charge in [-0.05, 0) is 17.0 Å². The number of benzene rings is 1. The number of hydrogen-bond acceptors (Lipinski definition) is 5. The van der Waals surface area contributed by atoms with Crippen LogP contribution in [0.4, 0.5) is 0 Å². The first-order valence-electron chi connectivity index (χ1n) is 5.49. The largest absolute Gasteiger partial charge is 0.464 e. The normalized spacial score (nSPS) is 11.6. The van der Waals surface area contributed by atoms with Gasteiger partial charge in [-0.25, -0.2) is 4.79 Å². The van der Waals surface area contributed by atoms with Gasteiger partial charge in [0, 0.05) is 10.0 Å². The van der Waals surface area contributed by atoms with E-state index in [1.165, 1.54) is 25.6 Å². The van der Waals surface area contributed by atoms with E-state index in [2.05, 4.69) is 21.1 Å². The number of halogens is 1. The maximum atomic E-state index is 11.8. The third-order valence-corrected chi connectivity index (χ3v) is 4.39. The molecule has 2 rings (SSSR count). The SMILES string of the molecule is CON=C(C(=O)OC)c1sc2ccccc2c1CBr. The summed E-state index contributed by atoms with van der Waals surface area (Å²) in [4.78, 5) is 17.3. The number of rotatable bonds is 4. The number of ether oxygens (including phenoxy) is 1. The van der Waals surface area contributed by atoms with Crippen molar-refractivity contribution < 1.29 is 14.4 Å². The first-order chi connectivity index (χ1) is 9.22. The molecule has 0 amide bonds. The highest BCUT2D eigenvalue weighted by molar-refractivity contribution is 9.08. The second kappa shape index (κ2) is 6.16. The minimum Gasteiger partial charge on any atom is -0.464 e. The number of hydrogen-bond donors (Lipinski definition) is 0. The Labute approximate surface area is 123 Å². The van der Waals surface area contributed by atoms with Crippen LogP contribution in [0.2, 0.25) is 0 Å². The van der Waals surface area contributed by atoms with Crippen molar-refractivity contribution in [1.82, 2.24) is 0 Å². The molecule has 19 heavy (non-hydrogen) atoms. The summed E-state index contributed by atoms with van der Waals surface area (Å²) >= 11 is 4.96. The number of esters is 1. The molecule has 0 saturated carbocycles. The Morgan fingerprint density at radius 1 is 1.37 bits per heavy atom. The average molecular weight is 342 g/mol. The molecule has 1 aromatic carbocycles. The van der Waals surface area contributed by atoms with Gasteiger partial charge in [0.2, 0.25) is 5.71 Å². The summed E-state index contributed by atoms with van der Waals surface area (Å²) < 4.78 is 5.85. The van der Waals surface area contributed by atoms with Gasteiger partial charge in [0.1, 0.15) is 7.11 Å². The summed E-state index contributed by atoms with van der Waals surface area (Å²) in [5.74, 6) is -0.504. The van der Waals surface area contributed by atoms with Crippen molar-refractivity contribution in [3.63, 3.8) is 0 Å². The van der Waals surface area contributed by atoms with Crippen LogP contribution in [-0.2, 0) is 19.7 Å². The molecule has 0 aliphatic rings. The van der Waals surface area contributed by atoms with E-state index in [1.807, 2.05) is 24.3 Å². The summed E-state index contributed by atoms with van der Waals surface area (Å²) in [5, 5.41) is 5.54. The number of nitrogens with zero attached hydrogens (tertiary/aromatic N) is 1. The Bertz CT molecular complexity index is 636. The van der Waals surface area contributed by atoms with Crippen LogP contribution in [0.3, 0.4) is 0 Å². The van der Waals surface area contributed by atoms with Crippen LogP contribution < -0.4 is 0 Å². The van der Waals surface area contributed by atoms with Gasteiger partial charge in [0.15, 0.2) is 0 Å². The van der Waals surface area contributed by atoms with E-state index < -0.39 is 5.97 Å². The predicted octanol–water partition coefficient (Wildman–Crippen LogP) is 3.32. The van der Waals surface area contributed by atoms with Crippen LogP contribution >= 0.6 is 27.3 Å². The number of alkyl halides is 1. The van der Waals surface area contributed by atoms with Crippen molar-refractivity contribution in [3.05, 3.63) is 34.7 Å². The summed E-state index contributed by atoms with van der Waals surface area (Å²) in [6.45, 7) is 0. The molecule has 0 radical (unpaired) electrons. The molecule has 0 fully saturated rings. The van der Waals surface area contributed by atoms with E-state index in [0.717, 1.165) is 20.5 Å². The number of methoxy groups -OCH3 is 1. The Morgan fingerprint density at radius 3 is 2.74 bits per heavy atom. The quantitative estimate of drug-likeness (QED) is 0.371. The van der Waals surface area contributed by atoms with E-state index in [9.17, 15) is 4.79 Å². The Morgan fingerprint density at radius 2 is 2.11 bits per heavy atom. The number of oxime groups is 1. The van der Waals surface area contributed by atoms with E-state index in [4.69, 9.17) is 9.57 Å². The Balaban J connectivity index is 2.66. The lowest BCUT2D eigenvalue weighted by Crippen LogP contribution is -2.17. The Hall–Kier alpha value is -1.40. The highest BCUT2D eigenvalue weighted by Crippen LogP contribution is 2.33. The fraction of sp³-hybridized carbons (Fsp3) is 0.231. The molecule has 0 aliphatic carbocycles. The topological polar surface area (TPSA) is 47.9 Å². The molecule has 6 heteroatoms. The van der Waals surface area contributed by atoms with Gasteiger partial charge in [-0.2, -0.15) is 0 Å². The monoisotopic (exact) mass is 341 g/mol. The summed E-state index contributed by atoms with van der Waals surface area (Å²) in [7, 11) is 2.73. The van der Waals surface area contributed by atoms with E-state index in [0.29, 0.717) is 5.33 Å². The molecule has 100 valence electrons. The minimum atomic E-state index is -0.504. The molecule has 2 aromatic rings. The first-order valence-corrected chi connectivity index (χ1v) is 7.43. The molecule has 0 spiro atoms. The predicted molar refractivity (Wildman–Crippen MR) is 80.0 cm³/mol. The lowest BCUT2D eigenvalue weighted by Gasteiger charge is -2.03. The smallest absolute Gasteiger partial charge is 0.361 e. The van der Waals surface area contributed by atoms with Crippen LogP contribution in [0, 0.1) is 0 Å². The van der Waals surface area contributed by atoms with Crippen LogP contribution in [0.5, 0.6) is 0 Å². The fourth-order valence-electron chi connectivity index (χ4n) is 1.78. The highest BCUT2D eigenvalue weighted by Gasteiger charge is 2.23. The van der Waals surface area contributed by atoms with Crippen LogP contribution in [0.25, 0.3) is 10.1 Å². The zero-order valence-electron chi connectivity index (χ0n) is 10.5. The van der Waals surface area contributed by atoms with Gasteiger partial charge in [0.05, 0.1) is 12.0 Å². The van der Waals surface area contributed by atoms with Gasteiger partial charge in [-0.1, -0.05) is 39.3 Å². The summed E-state index contributed by atoms with van der Waals surface area (Å²) in [5.41, 5.74) is 1.21. The molecule has 1 aromatic heterocycles. The van der Waals surface area contributed by atoms with E-state index in [1.54, 1.807) is 0 Å². The van der Waals surface area contributed by atoms with Crippen LogP contribution in [-0.4, -0.2) is 25.9 Å². The second-order valence-electron chi connectivity index (χ2n) is 3.65. The number of carbonyl (C=O) groups is 1. The van der Waals surface area contributed by atoms with Gasteiger partial charge < -0.3 is 9.57 Å². The molecular weight excluding hydrogens is 330 g/mol. The lowest BCUT2D eigenvalue weighted by atomic mass is 10.1. The lowest BCUT2D eigenvalue weighted by molar-refractivity contribution is -0.132. The molecule has 1 heterocycles. The molecule has 0 saturated heterocycles. The van der Waals surface area contributed by atoms with Gasteiger partial charge in [0.25, 0.3) is 0 Å². The van der Waals surface area contributed by atoms with E-state index >= 15 is 0 Å². The minimum absolute atomic E-state index is 0.195.